The SMILES string of the molecule is Cc1nc(C(=O)N(C)CCc2ccccc2C(=O)O)no1. The molecule has 2 rings (SSSR count). The second-order valence-corrected chi connectivity index (χ2v) is 4.58. The van der Waals surface area contributed by atoms with Crippen molar-refractivity contribution < 1.29 is 19.2 Å². The van der Waals surface area contributed by atoms with Crippen molar-refractivity contribution in [1.29, 1.82) is 0 Å². The van der Waals surface area contributed by atoms with Gasteiger partial charge in [-0.05, 0) is 18.1 Å². The summed E-state index contributed by atoms with van der Waals surface area (Å²) in [4.78, 5) is 28.4. The van der Waals surface area contributed by atoms with Gasteiger partial charge in [-0.15, -0.1) is 0 Å². The molecule has 1 N–H and O–H groups in total. The Balaban J connectivity index is 2.03. The van der Waals surface area contributed by atoms with E-state index < -0.39 is 5.97 Å². The Morgan fingerprint density at radius 2 is 2.05 bits per heavy atom. The number of carbonyl (C=O) groups excluding carboxylic acids is 1. The maximum absolute atomic E-state index is 12.0. The van der Waals surface area contributed by atoms with Crippen molar-refractivity contribution in [2.24, 2.45) is 0 Å². The van der Waals surface area contributed by atoms with Gasteiger partial charge in [-0.3, -0.25) is 4.79 Å². The van der Waals surface area contributed by atoms with Crippen LogP contribution in [0.3, 0.4) is 0 Å². The minimum Gasteiger partial charge on any atom is -0.478 e. The summed E-state index contributed by atoms with van der Waals surface area (Å²) in [7, 11) is 1.61. The number of aromatic nitrogens is 2. The molecule has 21 heavy (non-hydrogen) atoms. The van der Waals surface area contributed by atoms with E-state index in [2.05, 4.69) is 10.1 Å². The van der Waals surface area contributed by atoms with Crippen LogP contribution in [0.25, 0.3) is 0 Å². The summed E-state index contributed by atoms with van der Waals surface area (Å²) in [6.07, 6.45) is 0.432. The number of aryl methyl sites for hydroxylation is 1. The number of amides is 1. The molecule has 0 radical (unpaired) electrons. The fraction of sp³-hybridized carbons (Fsp3) is 0.286. The normalized spacial score (nSPS) is 10.4. The highest BCUT2D eigenvalue weighted by Gasteiger charge is 2.18. The first-order chi connectivity index (χ1) is 9.99. The van der Waals surface area contributed by atoms with Gasteiger partial charge in [0.1, 0.15) is 0 Å². The third-order valence-corrected chi connectivity index (χ3v) is 3.03. The molecular formula is C14H15N3O4. The van der Waals surface area contributed by atoms with Crippen molar-refractivity contribution in [3.05, 3.63) is 47.1 Å². The van der Waals surface area contributed by atoms with Crippen LogP contribution in [0.4, 0.5) is 0 Å². The van der Waals surface area contributed by atoms with Crippen LogP contribution in [0.5, 0.6) is 0 Å². The zero-order valence-electron chi connectivity index (χ0n) is 11.7. The molecule has 0 atom stereocenters. The van der Waals surface area contributed by atoms with E-state index in [1.807, 2.05) is 0 Å². The number of nitrogens with zero attached hydrogens (tertiary/aromatic N) is 3. The van der Waals surface area contributed by atoms with E-state index >= 15 is 0 Å². The molecule has 0 bridgehead atoms. The zero-order chi connectivity index (χ0) is 15.4. The number of hydrogen-bond acceptors (Lipinski definition) is 5. The summed E-state index contributed by atoms with van der Waals surface area (Å²) in [5.74, 6) is -1.02. The Morgan fingerprint density at radius 3 is 2.67 bits per heavy atom. The predicted octanol–water partition coefficient (Wildman–Crippen LogP) is 1.39. The summed E-state index contributed by atoms with van der Waals surface area (Å²) in [5, 5.41) is 12.7. The third-order valence-electron chi connectivity index (χ3n) is 3.03. The van der Waals surface area contributed by atoms with E-state index in [9.17, 15) is 9.59 Å². The van der Waals surface area contributed by atoms with E-state index in [-0.39, 0.29) is 17.3 Å². The summed E-state index contributed by atoms with van der Waals surface area (Å²) in [6, 6.07) is 6.72. The van der Waals surface area contributed by atoms with Crippen molar-refractivity contribution in [2.45, 2.75) is 13.3 Å². The standard InChI is InChI=1S/C14H15N3O4/c1-9-15-12(16-21-9)13(18)17(2)8-7-10-5-3-4-6-11(10)14(19)20/h3-6H,7-8H2,1-2H3,(H,19,20). The summed E-state index contributed by atoms with van der Waals surface area (Å²) < 4.78 is 4.76. The van der Waals surface area contributed by atoms with Crippen LogP contribution < -0.4 is 0 Å². The monoisotopic (exact) mass is 289 g/mol. The topological polar surface area (TPSA) is 96.5 Å². The van der Waals surface area contributed by atoms with Crippen LogP contribution in [0.1, 0.15) is 32.4 Å². The highest BCUT2D eigenvalue weighted by Crippen LogP contribution is 2.10. The average molecular weight is 289 g/mol. The van der Waals surface area contributed by atoms with Crippen molar-refractivity contribution in [3.8, 4) is 0 Å². The van der Waals surface area contributed by atoms with Crippen LogP contribution in [-0.2, 0) is 6.42 Å². The minimum absolute atomic E-state index is 0.00141. The molecule has 0 spiro atoms. The van der Waals surface area contributed by atoms with Crippen molar-refractivity contribution in [1.82, 2.24) is 15.0 Å². The Labute approximate surface area is 121 Å². The molecular weight excluding hydrogens is 274 g/mol. The predicted molar refractivity (Wildman–Crippen MR) is 73.1 cm³/mol. The van der Waals surface area contributed by atoms with E-state index in [1.165, 1.54) is 4.90 Å². The molecule has 110 valence electrons. The summed E-state index contributed by atoms with van der Waals surface area (Å²) in [6.45, 7) is 1.96. The average Bonchev–Trinajstić information content (AvgIpc) is 2.90. The minimum atomic E-state index is -0.978. The van der Waals surface area contributed by atoms with Gasteiger partial charge in [0.25, 0.3) is 11.7 Å². The molecule has 0 fully saturated rings. The highest BCUT2D eigenvalue weighted by atomic mass is 16.5. The molecule has 1 heterocycles. The molecule has 1 amide bonds. The number of carboxylic acids is 1. The molecule has 0 saturated carbocycles. The van der Waals surface area contributed by atoms with Gasteiger partial charge in [-0.1, -0.05) is 23.4 Å². The Morgan fingerprint density at radius 1 is 1.33 bits per heavy atom. The van der Waals surface area contributed by atoms with Gasteiger partial charge in [0.15, 0.2) is 0 Å². The van der Waals surface area contributed by atoms with E-state index in [0.717, 1.165) is 0 Å². The highest BCUT2D eigenvalue weighted by molar-refractivity contribution is 5.90. The van der Waals surface area contributed by atoms with Crippen molar-refractivity contribution in [3.63, 3.8) is 0 Å². The second kappa shape index (κ2) is 6.17. The van der Waals surface area contributed by atoms with Crippen LogP contribution in [-0.4, -0.2) is 45.6 Å². The van der Waals surface area contributed by atoms with Crippen molar-refractivity contribution in [2.75, 3.05) is 13.6 Å². The van der Waals surface area contributed by atoms with Crippen LogP contribution >= 0.6 is 0 Å². The zero-order valence-corrected chi connectivity index (χ0v) is 11.7. The Bertz CT molecular complexity index is 666. The summed E-state index contributed by atoms with van der Waals surface area (Å²) >= 11 is 0. The number of benzene rings is 1. The Kier molecular flexibility index (Phi) is 4.32. The maximum atomic E-state index is 12.0. The molecule has 0 unspecified atom stereocenters. The molecule has 1 aromatic heterocycles. The molecule has 0 aliphatic carbocycles. The summed E-state index contributed by atoms with van der Waals surface area (Å²) in [5.41, 5.74) is 0.919. The van der Waals surface area contributed by atoms with Crippen molar-refractivity contribution >= 4 is 11.9 Å². The number of rotatable bonds is 5. The first-order valence-electron chi connectivity index (χ1n) is 6.36. The quantitative estimate of drug-likeness (QED) is 0.893. The van der Waals surface area contributed by atoms with Gasteiger partial charge in [-0.2, -0.15) is 4.98 Å². The fourth-order valence-electron chi connectivity index (χ4n) is 1.89. The molecule has 0 saturated heterocycles. The smallest absolute Gasteiger partial charge is 0.335 e. The first kappa shape index (κ1) is 14.7. The lowest BCUT2D eigenvalue weighted by atomic mass is 10.0. The molecule has 0 aliphatic heterocycles. The van der Waals surface area contributed by atoms with E-state index in [1.54, 1.807) is 38.2 Å². The molecule has 2 aromatic rings. The molecule has 1 aromatic carbocycles. The van der Waals surface area contributed by atoms with E-state index in [0.29, 0.717) is 24.4 Å². The van der Waals surface area contributed by atoms with Gasteiger partial charge >= 0.3 is 5.97 Å². The van der Waals surface area contributed by atoms with Gasteiger partial charge in [0, 0.05) is 20.5 Å². The van der Waals surface area contributed by atoms with E-state index in [4.69, 9.17) is 9.63 Å². The maximum Gasteiger partial charge on any atom is 0.335 e. The molecule has 0 aliphatic rings. The lowest BCUT2D eigenvalue weighted by molar-refractivity contribution is 0.0695. The first-order valence-corrected chi connectivity index (χ1v) is 6.36. The molecule has 7 heteroatoms. The second-order valence-electron chi connectivity index (χ2n) is 4.58. The number of aromatic carboxylic acids is 1. The lowest BCUT2D eigenvalue weighted by Crippen LogP contribution is -2.30. The van der Waals surface area contributed by atoms with Gasteiger partial charge in [0.05, 0.1) is 5.56 Å². The van der Waals surface area contributed by atoms with Crippen LogP contribution in [0.2, 0.25) is 0 Å². The number of hydrogen-bond donors (Lipinski definition) is 1. The van der Waals surface area contributed by atoms with Gasteiger partial charge < -0.3 is 14.5 Å². The molecule has 7 nitrogen and oxygen atoms in total. The van der Waals surface area contributed by atoms with Crippen LogP contribution in [0.15, 0.2) is 28.8 Å². The fourth-order valence-corrected chi connectivity index (χ4v) is 1.89. The lowest BCUT2D eigenvalue weighted by Gasteiger charge is -2.15. The van der Waals surface area contributed by atoms with Gasteiger partial charge in [0.2, 0.25) is 5.89 Å². The third kappa shape index (κ3) is 3.44. The van der Waals surface area contributed by atoms with Gasteiger partial charge in [-0.25, -0.2) is 4.79 Å². The largest absolute Gasteiger partial charge is 0.478 e. The Hall–Kier alpha value is -2.70. The number of likely N-dealkylation sites (N-methyl/N-ethyl adjacent to an activating group) is 1. The van der Waals surface area contributed by atoms with Crippen LogP contribution in [0, 0.1) is 6.92 Å². The number of carbonyl (C=O) groups is 2. The number of carboxylic acid groups (broad SMARTS) is 1.